The monoisotopic (exact) mass is 280 g/mol. The van der Waals surface area contributed by atoms with Crippen molar-refractivity contribution in [3.8, 4) is 5.75 Å². The Kier molecular flexibility index (Phi) is 5.03. The van der Waals surface area contributed by atoms with Gasteiger partial charge in [-0.1, -0.05) is 32.3 Å². The lowest BCUT2D eigenvalue weighted by molar-refractivity contribution is 0.0192. The lowest BCUT2D eigenvalue weighted by Gasteiger charge is -2.27. The Hall–Kier alpha value is -1.09. The van der Waals surface area contributed by atoms with Crippen molar-refractivity contribution < 1.29 is 14.2 Å². The molecule has 0 aliphatic heterocycles. The van der Waals surface area contributed by atoms with E-state index in [1.807, 2.05) is 0 Å². The number of halogens is 1. The molecule has 1 saturated carbocycles. The zero-order valence-electron chi connectivity index (χ0n) is 12.5. The van der Waals surface area contributed by atoms with Crippen LogP contribution in [-0.2, 0) is 5.60 Å². The maximum absolute atomic E-state index is 13.8. The highest BCUT2D eigenvalue weighted by atomic mass is 19.1. The van der Waals surface area contributed by atoms with E-state index in [-0.39, 0.29) is 5.75 Å². The smallest absolute Gasteiger partial charge is 0.165 e. The van der Waals surface area contributed by atoms with Gasteiger partial charge in [0.15, 0.2) is 11.6 Å². The highest BCUT2D eigenvalue weighted by Gasteiger charge is 2.32. The fourth-order valence-corrected chi connectivity index (χ4v) is 3.34. The molecule has 2 rings (SSSR count). The second-order valence-corrected chi connectivity index (χ2v) is 5.97. The third-order valence-corrected chi connectivity index (χ3v) is 4.55. The molecule has 0 aromatic heterocycles. The summed E-state index contributed by atoms with van der Waals surface area (Å²) in [4.78, 5) is 0. The van der Waals surface area contributed by atoms with Crippen molar-refractivity contribution in [3.63, 3.8) is 0 Å². The minimum atomic E-state index is -0.879. The Morgan fingerprint density at radius 1 is 1.35 bits per heavy atom. The van der Waals surface area contributed by atoms with E-state index >= 15 is 0 Å². The summed E-state index contributed by atoms with van der Waals surface area (Å²) in [7, 11) is 1.45. The number of hydrogen-bond donors (Lipinski definition) is 1. The first-order chi connectivity index (χ1) is 9.59. The van der Waals surface area contributed by atoms with Crippen molar-refractivity contribution in [1.29, 1.82) is 0 Å². The van der Waals surface area contributed by atoms with Gasteiger partial charge in [-0.2, -0.15) is 0 Å². The summed E-state index contributed by atoms with van der Waals surface area (Å²) in [5, 5.41) is 10.9. The van der Waals surface area contributed by atoms with E-state index in [2.05, 4.69) is 6.92 Å². The highest BCUT2D eigenvalue weighted by Crippen LogP contribution is 2.39. The Balaban J connectivity index is 2.15. The van der Waals surface area contributed by atoms with Crippen molar-refractivity contribution >= 4 is 0 Å². The molecule has 2 atom stereocenters. The predicted molar refractivity (Wildman–Crippen MR) is 78.3 cm³/mol. The van der Waals surface area contributed by atoms with Crippen molar-refractivity contribution in [2.45, 2.75) is 57.5 Å². The molecule has 3 heteroatoms. The van der Waals surface area contributed by atoms with Crippen LogP contribution < -0.4 is 4.74 Å². The molecule has 0 spiro atoms. The summed E-state index contributed by atoms with van der Waals surface area (Å²) in [5.74, 6) is 0.541. The average molecular weight is 280 g/mol. The molecule has 1 aromatic carbocycles. The number of hydrogen-bond acceptors (Lipinski definition) is 2. The Labute approximate surface area is 121 Å². The van der Waals surface area contributed by atoms with Gasteiger partial charge in [-0.05, 0) is 49.3 Å². The van der Waals surface area contributed by atoms with Gasteiger partial charge >= 0.3 is 0 Å². The van der Waals surface area contributed by atoms with Crippen molar-refractivity contribution in [2.24, 2.45) is 5.92 Å². The van der Waals surface area contributed by atoms with Gasteiger partial charge in [-0.25, -0.2) is 4.39 Å². The summed E-state index contributed by atoms with van der Waals surface area (Å²) in [5.41, 5.74) is -0.191. The van der Waals surface area contributed by atoms with Crippen molar-refractivity contribution in [2.75, 3.05) is 7.11 Å². The van der Waals surface area contributed by atoms with Gasteiger partial charge in [0.05, 0.1) is 12.7 Å². The number of ether oxygens (including phenoxy) is 1. The second-order valence-electron chi connectivity index (χ2n) is 5.97. The number of aliphatic hydroxyl groups is 1. The summed E-state index contributed by atoms with van der Waals surface area (Å²) >= 11 is 0. The van der Waals surface area contributed by atoms with Gasteiger partial charge in [0.25, 0.3) is 0 Å². The molecule has 1 aliphatic carbocycles. The maximum atomic E-state index is 13.8. The van der Waals surface area contributed by atoms with Crippen LogP contribution in [0.5, 0.6) is 5.75 Å². The van der Waals surface area contributed by atoms with Gasteiger partial charge in [0.1, 0.15) is 0 Å². The van der Waals surface area contributed by atoms with Crippen LogP contribution in [-0.4, -0.2) is 12.2 Å². The van der Waals surface area contributed by atoms with Gasteiger partial charge < -0.3 is 9.84 Å². The Morgan fingerprint density at radius 3 is 2.80 bits per heavy atom. The average Bonchev–Trinajstić information content (AvgIpc) is 2.63. The minimum absolute atomic E-state index is 0.231. The summed E-state index contributed by atoms with van der Waals surface area (Å²) in [6, 6.07) is 4.83. The normalized spacial score (nSPS) is 27.1. The molecule has 1 N–H and O–H groups in total. The van der Waals surface area contributed by atoms with Crippen LogP contribution in [0.3, 0.4) is 0 Å². The van der Waals surface area contributed by atoms with E-state index in [1.165, 1.54) is 32.4 Å². The Bertz CT molecular complexity index is 447. The number of methoxy groups -OCH3 is 1. The first-order valence-corrected chi connectivity index (χ1v) is 7.65. The molecular formula is C17H25FO2. The van der Waals surface area contributed by atoms with E-state index in [9.17, 15) is 9.50 Å². The zero-order chi connectivity index (χ0) is 14.6. The van der Waals surface area contributed by atoms with Crippen molar-refractivity contribution in [3.05, 3.63) is 29.6 Å². The SMILES string of the molecule is CCCC1CCCC(O)(c2ccc(OC)c(F)c2)CC1. The molecule has 1 aromatic rings. The van der Waals surface area contributed by atoms with E-state index < -0.39 is 11.4 Å². The summed E-state index contributed by atoms with van der Waals surface area (Å²) in [6.07, 6.45) is 7.08. The van der Waals surface area contributed by atoms with E-state index in [0.717, 1.165) is 25.7 Å². The molecule has 0 saturated heterocycles. The fourth-order valence-electron chi connectivity index (χ4n) is 3.34. The van der Waals surface area contributed by atoms with Gasteiger partial charge in [0.2, 0.25) is 0 Å². The van der Waals surface area contributed by atoms with Crippen LogP contribution in [0, 0.1) is 11.7 Å². The topological polar surface area (TPSA) is 29.5 Å². The molecule has 2 unspecified atom stereocenters. The first-order valence-electron chi connectivity index (χ1n) is 7.65. The number of benzene rings is 1. The van der Waals surface area contributed by atoms with Crippen LogP contribution in [0.4, 0.5) is 4.39 Å². The molecule has 1 aliphatic rings. The molecule has 20 heavy (non-hydrogen) atoms. The molecule has 0 amide bonds. The Morgan fingerprint density at radius 2 is 2.15 bits per heavy atom. The quantitative estimate of drug-likeness (QED) is 0.828. The third kappa shape index (κ3) is 3.32. The zero-order valence-corrected chi connectivity index (χ0v) is 12.5. The molecule has 112 valence electrons. The minimum Gasteiger partial charge on any atom is -0.494 e. The van der Waals surface area contributed by atoms with E-state index in [4.69, 9.17) is 4.74 Å². The molecule has 0 radical (unpaired) electrons. The van der Waals surface area contributed by atoms with Crippen LogP contribution in [0.25, 0.3) is 0 Å². The van der Waals surface area contributed by atoms with Crippen molar-refractivity contribution in [1.82, 2.24) is 0 Å². The lowest BCUT2D eigenvalue weighted by atomic mass is 9.86. The van der Waals surface area contributed by atoms with Crippen LogP contribution in [0.1, 0.15) is 57.4 Å². The van der Waals surface area contributed by atoms with Crippen LogP contribution in [0.15, 0.2) is 18.2 Å². The van der Waals surface area contributed by atoms with Gasteiger partial charge in [-0.15, -0.1) is 0 Å². The summed E-state index contributed by atoms with van der Waals surface area (Å²) < 4.78 is 18.8. The van der Waals surface area contributed by atoms with Crippen LogP contribution >= 0.6 is 0 Å². The second kappa shape index (κ2) is 6.57. The van der Waals surface area contributed by atoms with E-state index in [1.54, 1.807) is 12.1 Å². The van der Waals surface area contributed by atoms with Crippen LogP contribution in [0.2, 0.25) is 0 Å². The highest BCUT2D eigenvalue weighted by molar-refractivity contribution is 5.32. The molecule has 1 fully saturated rings. The summed E-state index contributed by atoms with van der Waals surface area (Å²) in [6.45, 7) is 2.20. The third-order valence-electron chi connectivity index (χ3n) is 4.55. The lowest BCUT2D eigenvalue weighted by Crippen LogP contribution is -2.25. The van der Waals surface area contributed by atoms with E-state index in [0.29, 0.717) is 11.5 Å². The fraction of sp³-hybridized carbons (Fsp3) is 0.647. The van der Waals surface area contributed by atoms with Gasteiger partial charge in [0, 0.05) is 0 Å². The predicted octanol–water partition coefficient (Wildman–Crippen LogP) is 4.40. The number of rotatable bonds is 4. The maximum Gasteiger partial charge on any atom is 0.165 e. The standard InChI is InChI=1S/C17H25FO2/c1-3-5-13-6-4-10-17(19,11-9-13)14-7-8-16(20-2)15(18)12-14/h7-8,12-13,19H,3-6,9-11H2,1-2H3. The van der Waals surface area contributed by atoms with Gasteiger partial charge in [-0.3, -0.25) is 0 Å². The first kappa shape index (κ1) is 15.3. The molecule has 2 nitrogen and oxygen atoms in total. The molecular weight excluding hydrogens is 255 g/mol. The molecule has 0 heterocycles. The largest absolute Gasteiger partial charge is 0.494 e. The molecule has 0 bridgehead atoms.